The SMILES string of the molecule is C(=Cc1cc2cc3ccccc3cc2cc1C=Cc1ccccc1C=C(c1ccccc1)c1ccccc1)c1ccccc1C=C(c1ccccc1)c1ccccc1. The molecule has 0 aliphatic rings. The minimum Gasteiger partial charge on any atom is -0.0622 e. The molecule has 0 amide bonds. The minimum absolute atomic E-state index is 1.16. The molecule has 9 aromatic carbocycles. The van der Waals surface area contributed by atoms with Crippen LogP contribution in [0.2, 0.25) is 0 Å². The third-order valence-corrected chi connectivity index (χ3v) is 10.7. The highest BCUT2D eigenvalue weighted by Gasteiger charge is 2.10. The van der Waals surface area contributed by atoms with Gasteiger partial charge in [0, 0.05) is 0 Å². The average Bonchev–Trinajstić information content (AvgIpc) is 3.29. The van der Waals surface area contributed by atoms with Crippen LogP contribution in [-0.2, 0) is 0 Å². The first-order chi connectivity index (χ1) is 28.7. The van der Waals surface area contributed by atoms with Crippen LogP contribution in [0.3, 0.4) is 0 Å². The van der Waals surface area contributed by atoms with Gasteiger partial charge in [0.15, 0.2) is 0 Å². The Balaban J connectivity index is 1.15. The van der Waals surface area contributed by atoms with Crippen LogP contribution in [0.5, 0.6) is 0 Å². The van der Waals surface area contributed by atoms with Crippen LogP contribution in [0.15, 0.2) is 218 Å². The van der Waals surface area contributed by atoms with Crippen molar-refractivity contribution in [3.63, 3.8) is 0 Å². The molecule has 0 unspecified atom stereocenters. The second kappa shape index (κ2) is 17.1. The van der Waals surface area contributed by atoms with E-state index in [0.717, 1.165) is 22.3 Å². The van der Waals surface area contributed by atoms with Crippen molar-refractivity contribution in [3.8, 4) is 0 Å². The van der Waals surface area contributed by atoms with E-state index in [2.05, 4.69) is 255 Å². The Morgan fingerprint density at radius 3 is 0.845 bits per heavy atom. The summed E-state index contributed by atoms with van der Waals surface area (Å²) in [6.45, 7) is 0. The monoisotopic (exact) mass is 738 g/mol. The summed E-state index contributed by atoms with van der Waals surface area (Å²) < 4.78 is 0. The molecule has 0 aliphatic heterocycles. The highest BCUT2D eigenvalue weighted by Crippen LogP contribution is 2.32. The van der Waals surface area contributed by atoms with Gasteiger partial charge >= 0.3 is 0 Å². The zero-order valence-corrected chi connectivity index (χ0v) is 32.2. The van der Waals surface area contributed by atoms with Crippen LogP contribution < -0.4 is 0 Å². The molecule has 0 saturated heterocycles. The summed E-state index contributed by atoms with van der Waals surface area (Å²) in [5.74, 6) is 0. The standard InChI is InChI=1S/C58H42/c1-5-21-45(22-6-1)57(46-23-7-2-8-24-46)41-51-31-15-13-19-43(51)33-35-53-39-55-37-49-29-17-18-30-50(49)38-56(55)40-54(53)36-34-44-20-14-16-32-52(44)42-58(47-25-9-3-10-26-47)48-27-11-4-12-28-48/h1-42H. The molecular weight excluding hydrogens is 697 g/mol. The predicted octanol–water partition coefficient (Wildman–Crippen LogP) is 15.5. The Bertz CT molecular complexity index is 2660. The fourth-order valence-corrected chi connectivity index (χ4v) is 7.71. The molecule has 0 heterocycles. The maximum Gasteiger partial charge on any atom is -0.0105 e. The Hall–Kier alpha value is -7.54. The van der Waals surface area contributed by atoms with Crippen molar-refractivity contribution >= 4 is 69.1 Å². The van der Waals surface area contributed by atoms with Crippen molar-refractivity contribution in [2.45, 2.75) is 0 Å². The fraction of sp³-hybridized carbons (Fsp3) is 0. The van der Waals surface area contributed by atoms with Gasteiger partial charge in [-0.15, -0.1) is 0 Å². The van der Waals surface area contributed by atoms with Crippen molar-refractivity contribution < 1.29 is 0 Å². The van der Waals surface area contributed by atoms with Gasteiger partial charge in [0.05, 0.1) is 0 Å². The van der Waals surface area contributed by atoms with Gasteiger partial charge in [-0.05, 0) is 125 Å². The smallest absolute Gasteiger partial charge is 0.0105 e. The first-order valence-corrected chi connectivity index (χ1v) is 19.9. The van der Waals surface area contributed by atoms with Crippen molar-refractivity contribution in [3.05, 3.63) is 274 Å². The van der Waals surface area contributed by atoms with E-state index in [0.29, 0.717) is 0 Å². The van der Waals surface area contributed by atoms with Crippen LogP contribution in [0.1, 0.15) is 55.6 Å². The van der Waals surface area contributed by atoms with Gasteiger partial charge in [0.1, 0.15) is 0 Å². The molecule has 0 heteroatoms. The lowest BCUT2D eigenvalue weighted by atomic mass is 9.93. The number of rotatable bonds is 10. The van der Waals surface area contributed by atoms with Gasteiger partial charge < -0.3 is 0 Å². The highest BCUT2D eigenvalue weighted by molar-refractivity contribution is 6.02. The zero-order chi connectivity index (χ0) is 38.9. The zero-order valence-electron chi connectivity index (χ0n) is 32.2. The van der Waals surface area contributed by atoms with Crippen LogP contribution >= 0.6 is 0 Å². The van der Waals surface area contributed by atoms with Gasteiger partial charge in [0.25, 0.3) is 0 Å². The van der Waals surface area contributed by atoms with E-state index < -0.39 is 0 Å². The third kappa shape index (κ3) is 8.19. The van der Waals surface area contributed by atoms with E-state index in [9.17, 15) is 0 Å². The Labute approximate surface area is 341 Å². The second-order valence-electron chi connectivity index (χ2n) is 14.5. The molecule has 9 aromatic rings. The third-order valence-electron chi connectivity index (χ3n) is 10.7. The largest absolute Gasteiger partial charge is 0.0622 e. The van der Waals surface area contributed by atoms with E-state index in [1.807, 2.05) is 0 Å². The molecule has 0 radical (unpaired) electrons. The first kappa shape index (κ1) is 36.1. The summed E-state index contributed by atoms with van der Waals surface area (Å²) in [4.78, 5) is 0. The Morgan fingerprint density at radius 1 is 0.224 bits per heavy atom. The van der Waals surface area contributed by atoms with E-state index in [1.54, 1.807) is 0 Å². The molecular formula is C58H42. The van der Waals surface area contributed by atoms with Gasteiger partial charge in [-0.2, -0.15) is 0 Å². The molecule has 0 aromatic heterocycles. The van der Waals surface area contributed by atoms with Crippen LogP contribution in [0.4, 0.5) is 0 Å². The summed E-state index contributed by atoms with van der Waals surface area (Å²) >= 11 is 0. The van der Waals surface area contributed by atoms with Crippen LogP contribution in [0, 0.1) is 0 Å². The number of fused-ring (bicyclic) bond motifs is 2. The first-order valence-electron chi connectivity index (χ1n) is 19.9. The molecule has 58 heavy (non-hydrogen) atoms. The maximum absolute atomic E-state index is 2.34. The molecule has 0 saturated carbocycles. The summed E-state index contributed by atoms with van der Waals surface area (Å²) in [5, 5.41) is 4.92. The molecule has 0 aliphatic carbocycles. The average molecular weight is 739 g/mol. The topological polar surface area (TPSA) is 0 Å². The number of hydrogen-bond acceptors (Lipinski definition) is 0. The van der Waals surface area contributed by atoms with Crippen LogP contribution in [0.25, 0.3) is 69.1 Å². The van der Waals surface area contributed by atoms with E-state index in [-0.39, 0.29) is 0 Å². The molecule has 274 valence electrons. The van der Waals surface area contributed by atoms with E-state index in [1.165, 1.54) is 66.1 Å². The van der Waals surface area contributed by atoms with Crippen molar-refractivity contribution in [2.24, 2.45) is 0 Å². The molecule has 0 bridgehead atoms. The molecule has 9 rings (SSSR count). The van der Waals surface area contributed by atoms with Gasteiger partial charge in [-0.3, -0.25) is 0 Å². The van der Waals surface area contributed by atoms with Crippen molar-refractivity contribution in [1.82, 2.24) is 0 Å². The highest BCUT2D eigenvalue weighted by atomic mass is 14.1. The lowest BCUT2D eigenvalue weighted by molar-refractivity contribution is 1.54. The number of benzene rings is 9. The predicted molar refractivity (Wildman–Crippen MR) is 252 cm³/mol. The van der Waals surface area contributed by atoms with E-state index in [4.69, 9.17) is 0 Å². The quantitative estimate of drug-likeness (QED) is 0.0968. The van der Waals surface area contributed by atoms with Crippen molar-refractivity contribution in [1.29, 1.82) is 0 Å². The summed E-state index contributed by atoms with van der Waals surface area (Å²) in [6, 6.07) is 77.9. The van der Waals surface area contributed by atoms with Crippen molar-refractivity contribution in [2.75, 3.05) is 0 Å². The molecule has 0 atom stereocenters. The molecule has 0 N–H and O–H groups in total. The summed E-state index contributed by atoms with van der Waals surface area (Å²) in [7, 11) is 0. The Morgan fingerprint density at radius 2 is 0.500 bits per heavy atom. The minimum atomic E-state index is 1.16. The fourth-order valence-electron chi connectivity index (χ4n) is 7.71. The maximum atomic E-state index is 2.34. The lowest BCUT2D eigenvalue weighted by Gasteiger charge is -2.11. The second-order valence-corrected chi connectivity index (χ2v) is 14.5. The van der Waals surface area contributed by atoms with Crippen LogP contribution in [-0.4, -0.2) is 0 Å². The van der Waals surface area contributed by atoms with Gasteiger partial charge in [-0.25, -0.2) is 0 Å². The Kier molecular flexibility index (Phi) is 10.6. The molecule has 0 nitrogen and oxygen atoms in total. The molecule has 0 spiro atoms. The van der Waals surface area contributed by atoms with Gasteiger partial charge in [-0.1, -0.05) is 218 Å². The lowest BCUT2D eigenvalue weighted by Crippen LogP contribution is -1.90. The summed E-state index contributed by atoms with van der Waals surface area (Å²) in [6.07, 6.45) is 13.7. The van der Waals surface area contributed by atoms with Gasteiger partial charge in [0.2, 0.25) is 0 Å². The number of hydrogen-bond donors (Lipinski definition) is 0. The summed E-state index contributed by atoms with van der Waals surface area (Å²) in [5.41, 5.74) is 14.1. The molecule has 0 fully saturated rings. The normalized spacial score (nSPS) is 11.3. The van der Waals surface area contributed by atoms with E-state index >= 15 is 0 Å².